The van der Waals surface area contributed by atoms with Crippen molar-refractivity contribution in [1.82, 2.24) is 0 Å². The number of anilines is 1. The molecule has 15 heavy (non-hydrogen) atoms. The number of rotatable bonds is 5. The number of hydrogen-bond acceptors (Lipinski definition) is 2. The predicted octanol–water partition coefficient (Wildman–Crippen LogP) is 3.23. The highest BCUT2D eigenvalue weighted by Gasteiger charge is 2.14. The lowest BCUT2D eigenvalue weighted by Gasteiger charge is -2.24. The summed E-state index contributed by atoms with van der Waals surface area (Å²) in [5.41, 5.74) is 6.89. The molecule has 0 aliphatic carbocycles. The SMILES string of the molecule is CCC(C)C(CN)Nc1ccccc1Br. The zero-order valence-corrected chi connectivity index (χ0v) is 10.9. The summed E-state index contributed by atoms with van der Waals surface area (Å²) in [5.74, 6) is 0.585. The minimum atomic E-state index is 0.341. The van der Waals surface area contributed by atoms with E-state index in [0.717, 1.165) is 16.6 Å². The number of hydrogen-bond donors (Lipinski definition) is 2. The minimum Gasteiger partial charge on any atom is -0.380 e. The van der Waals surface area contributed by atoms with Gasteiger partial charge in [0.2, 0.25) is 0 Å². The van der Waals surface area contributed by atoms with Crippen LogP contribution >= 0.6 is 15.9 Å². The van der Waals surface area contributed by atoms with Gasteiger partial charge < -0.3 is 11.1 Å². The molecule has 0 spiro atoms. The van der Waals surface area contributed by atoms with Crippen LogP contribution in [0.1, 0.15) is 20.3 Å². The average Bonchev–Trinajstić information content (AvgIpc) is 2.27. The van der Waals surface area contributed by atoms with Crippen molar-refractivity contribution in [3.8, 4) is 0 Å². The Morgan fingerprint density at radius 3 is 2.60 bits per heavy atom. The predicted molar refractivity (Wildman–Crippen MR) is 70.1 cm³/mol. The van der Waals surface area contributed by atoms with E-state index in [1.165, 1.54) is 0 Å². The van der Waals surface area contributed by atoms with Crippen LogP contribution in [0.4, 0.5) is 5.69 Å². The third-order valence-corrected chi connectivity index (χ3v) is 3.49. The van der Waals surface area contributed by atoms with Crippen molar-refractivity contribution in [1.29, 1.82) is 0 Å². The second-order valence-corrected chi connectivity index (χ2v) is 4.71. The molecule has 3 N–H and O–H groups in total. The van der Waals surface area contributed by atoms with Crippen molar-refractivity contribution in [3.05, 3.63) is 28.7 Å². The minimum absolute atomic E-state index is 0.341. The molecule has 0 bridgehead atoms. The zero-order chi connectivity index (χ0) is 11.3. The Morgan fingerprint density at radius 2 is 2.07 bits per heavy atom. The van der Waals surface area contributed by atoms with Gasteiger partial charge in [0.1, 0.15) is 0 Å². The van der Waals surface area contributed by atoms with Crippen LogP contribution in [0.2, 0.25) is 0 Å². The van der Waals surface area contributed by atoms with Gasteiger partial charge in [-0.15, -0.1) is 0 Å². The first-order valence-electron chi connectivity index (χ1n) is 5.40. The smallest absolute Gasteiger partial charge is 0.0487 e. The van der Waals surface area contributed by atoms with Crippen LogP contribution in [0.5, 0.6) is 0 Å². The van der Waals surface area contributed by atoms with Crippen molar-refractivity contribution >= 4 is 21.6 Å². The van der Waals surface area contributed by atoms with Gasteiger partial charge in [0.15, 0.2) is 0 Å². The second-order valence-electron chi connectivity index (χ2n) is 3.85. The summed E-state index contributed by atoms with van der Waals surface area (Å²) < 4.78 is 1.09. The molecule has 2 atom stereocenters. The fourth-order valence-electron chi connectivity index (χ4n) is 1.50. The number of nitrogens with one attached hydrogen (secondary N) is 1. The van der Waals surface area contributed by atoms with E-state index in [2.05, 4.69) is 41.2 Å². The van der Waals surface area contributed by atoms with Crippen LogP contribution in [0.25, 0.3) is 0 Å². The first-order valence-corrected chi connectivity index (χ1v) is 6.19. The van der Waals surface area contributed by atoms with E-state index < -0.39 is 0 Å². The number of benzene rings is 1. The summed E-state index contributed by atoms with van der Waals surface area (Å²) in [4.78, 5) is 0. The molecule has 0 amide bonds. The van der Waals surface area contributed by atoms with Crippen molar-refractivity contribution in [2.75, 3.05) is 11.9 Å². The molecule has 0 saturated heterocycles. The maximum Gasteiger partial charge on any atom is 0.0487 e. The normalized spacial score (nSPS) is 14.7. The van der Waals surface area contributed by atoms with Crippen molar-refractivity contribution < 1.29 is 0 Å². The summed E-state index contributed by atoms with van der Waals surface area (Å²) in [7, 11) is 0. The van der Waals surface area contributed by atoms with E-state index in [1.807, 2.05) is 18.2 Å². The highest BCUT2D eigenvalue weighted by molar-refractivity contribution is 9.10. The Hall–Kier alpha value is -0.540. The first-order chi connectivity index (χ1) is 7.19. The van der Waals surface area contributed by atoms with E-state index in [-0.39, 0.29) is 0 Å². The highest BCUT2D eigenvalue weighted by atomic mass is 79.9. The van der Waals surface area contributed by atoms with E-state index >= 15 is 0 Å². The largest absolute Gasteiger partial charge is 0.380 e. The van der Waals surface area contributed by atoms with E-state index in [1.54, 1.807) is 0 Å². The Bertz CT molecular complexity index is 301. The zero-order valence-electron chi connectivity index (χ0n) is 9.33. The maximum atomic E-state index is 5.77. The molecule has 0 aromatic heterocycles. The van der Waals surface area contributed by atoms with Crippen LogP contribution in [0, 0.1) is 5.92 Å². The van der Waals surface area contributed by atoms with Gasteiger partial charge in [-0.25, -0.2) is 0 Å². The fraction of sp³-hybridized carbons (Fsp3) is 0.500. The lowest BCUT2D eigenvalue weighted by Crippen LogP contribution is -2.34. The van der Waals surface area contributed by atoms with Gasteiger partial charge in [-0.3, -0.25) is 0 Å². The Balaban J connectivity index is 2.71. The van der Waals surface area contributed by atoms with Crippen LogP contribution < -0.4 is 11.1 Å². The van der Waals surface area contributed by atoms with Crippen molar-refractivity contribution in [2.45, 2.75) is 26.3 Å². The fourth-order valence-corrected chi connectivity index (χ4v) is 1.90. The van der Waals surface area contributed by atoms with Gasteiger partial charge in [-0.1, -0.05) is 32.4 Å². The summed E-state index contributed by atoms with van der Waals surface area (Å²) >= 11 is 3.52. The number of para-hydroxylation sites is 1. The standard InChI is InChI=1S/C12H19BrN2/c1-3-9(2)12(8-14)15-11-7-5-4-6-10(11)13/h4-7,9,12,15H,3,8,14H2,1-2H3. The van der Waals surface area contributed by atoms with E-state index in [9.17, 15) is 0 Å². The van der Waals surface area contributed by atoms with Crippen molar-refractivity contribution in [3.63, 3.8) is 0 Å². The molecule has 0 saturated carbocycles. The van der Waals surface area contributed by atoms with Gasteiger partial charge >= 0.3 is 0 Å². The highest BCUT2D eigenvalue weighted by Crippen LogP contribution is 2.23. The molecule has 0 aliphatic heterocycles. The molecule has 1 rings (SSSR count). The first kappa shape index (κ1) is 12.5. The topological polar surface area (TPSA) is 38.0 Å². The van der Waals surface area contributed by atoms with E-state index in [4.69, 9.17) is 5.73 Å². The van der Waals surface area contributed by atoms with Gasteiger partial charge in [-0.05, 0) is 34.0 Å². The number of nitrogens with two attached hydrogens (primary N) is 1. The molecule has 84 valence electrons. The molecule has 2 unspecified atom stereocenters. The summed E-state index contributed by atoms with van der Waals surface area (Å²) in [5, 5.41) is 3.48. The molecule has 1 aromatic rings. The van der Waals surface area contributed by atoms with E-state index in [0.29, 0.717) is 18.5 Å². The number of halogens is 1. The molecule has 0 radical (unpaired) electrons. The Morgan fingerprint density at radius 1 is 1.40 bits per heavy atom. The van der Waals surface area contributed by atoms with Gasteiger partial charge in [-0.2, -0.15) is 0 Å². The quantitative estimate of drug-likeness (QED) is 0.862. The third kappa shape index (κ3) is 3.50. The lowest BCUT2D eigenvalue weighted by atomic mass is 9.99. The molecule has 2 nitrogen and oxygen atoms in total. The average molecular weight is 271 g/mol. The van der Waals surface area contributed by atoms with Crippen LogP contribution in [-0.4, -0.2) is 12.6 Å². The van der Waals surface area contributed by atoms with Gasteiger partial charge in [0.25, 0.3) is 0 Å². The lowest BCUT2D eigenvalue weighted by molar-refractivity contribution is 0.474. The molecule has 0 fully saturated rings. The van der Waals surface area contributed by atoms with Crippen molar-refractivity contribution in [2.24, 2.45) is 11.7 Å². The third-order valence-electron chi connectivity index (χ3n) is 2.80. The molecular weight excluding hydrogens is 252 g/mol. The molecule has 1 aromatic carbocycles. The monoisotopic (exact) mass is 270 g/mol. The summed E-state index contributed by atoms with van der Waals surface area (Å²) in [6.07, 6.45) is 1.14. The molecule has 0 aliphatic rings. The summed E-state index contributed by atoms with van der Waals surface area (Å²) in [6.45, 7) is 5.08. The molecule has 0 heterocycles. The van der Waals surface area contributed by atoms with Gasteiger partial charge in [0, 0.05) is 22.7 Å². The molecular formula is C12H19BrN2. The van der Waals surface area contributed by atoms with Crippen LogP contribution in [0.3, 0.4) is 0 Å². The van der Waals surface area contributed by atoms with Crippen LogP contribution in [-0.2, 0) is 0 Å². The Kier molecular flexibility index (Phi) is 5.12. The molecule has 3 heteroatoms. The summed E-state index contributed by atoms with van der Waals surface area (Å²) in [6, 6.07) is 8.48. The Labute approximate surface area is 100 Å². The van der Waals surface area contributed by atoms with Crippen LogP contribution in [0.15, 0.2) is 28.7 Å². The second kappa shape index (κ2) is 6.13. The van der Waals surface area contributed by atoms with Gasteiger partial charge in [0.05, 0.1) is 0 Å². The maximum absolute atomic E-state index is 5.77.